The Labute approximate surface area is 185 Å². The molecule has 0 unspecified atom stereocenters. The molecule has 1 saturated carbocycles. The minimum atomic E-state index is -0.663. The summed E-state index contributed by atoms with van der Waals surface area (Å²) in [6, 6.07) is 10.4. The van der Waals surface area contributed by atoms with Crippen LogP contribution in [-0.4, -0.2) is 40.2 Å². The highest BCUT2D eigenvalue weighted by atomic mass is 16.5. The van der Waals surface area contributed by atoms with Gasteiger partial charge in [-0.05, 0) is 87.2 Å². The van der Waals surface area contributed by atoms with Crippen molar-refractivity contribution in [3.05, 3.63) is 36.0 Å². The third kappa shape index (κ3) is 5.57. The van der Waals surface area contributed by atoms with Crippen molar-refractivity contribution >= 4 is 16.9 Å². The van der Waals surface area contributed by atoms with E-state index in [-0.39, 0.29) is 5.92 Å². The van der Waals surface area contributed by atoms with E-state index in [1.807, 2.05) is 6.07 Å². The van der Waals surface area contributed by atoms with Crippen molar-refractivity contribution in [2.75, 3.05) is 13.1 Å². The van der Waals surface area contributed by atoms with Crippen LogP contribution in [-0.2, 0) is 11.3 Å². The summed E-state index contributed by atoms with van der Waals surface area (Å²) in [5.41, 5.74) is 2.42. The molecule has 5 nitrogen and oxygen atoms in total. The van der Waals surface area contributed by atoms with E-state index in [9.17, 15) is 4.79 Å². The van der Waals surface area contributed by atoms with Crippen LogP contribution in [0.1, 0.15) is 65.0 Å². The van der Waals surface area contributed by atoms with Crippen LogP contribution in [0.3, 0.4) is 0 Å². The smallest absolute Gasteiger partial charge is 0.306 e. The molecule has 5 heteroatoms. The number of ether oxygens (including phenoxy) is 1. The van der Waals surface area contributed by atoms with Gasteiger partial charge in [-0.1, -0.05) is 26.8 Å². The van der Waals surface area contributed by atoms with Gasteiger partial charge in [0, 0.05) is 11.9 Å². The number of piperidine rings is 1. The number of pyridine rings is 1. The Kier molecular flexibility index (Phi) is 6.52. The summed E-state index contributed by atoms with van der Waals surface area (Å²) in [6.07, 6.45) is 6.53. The molecule has 0 spiro atoms. The molecule has 1 N–H and O–H groups in total. The number of nitrogens with zero attached hydrogens (tertiary/aromatic N) is 2. The van der Waals surface area contributed by atoms with E-state index in [1.165, 1.54) is 12.8 Å². The van der Waals surface area contributed by atoms with Crippen molar-refractivity contribution in [2.45, 2.75) is 71.9 Å². The minimum absolute atomic E-state index is 0.192. The van der Waals surface area contributed by atoms with Crippen molar-refractivity contribution in [1.82, 2.24) is 9.88 Å². The Hall–Kier alpha value is -2.14. The molecule has 31 heavy (non-hydrogen) atoms. The number of hydrogen-bond acceptors (Lipinski definition) is 4. The first kappa shape index (κ1) is 22.1. The van der Waals surface area contributed by atoms with E-state index in [1.54, 1.807) is 0 Å². The lowest BCUT2D eigenvalue weighted by Crippen LogP contribution is -2.36. The zero-order chi connectivity index (χ0) is 22.0. The molecule has 0 radical (unpaired) electrons. The second kappa shape index (κ2) is 9.15. The van der Waals surface area contributed by atoms with E-state index < -0.39 is 5.97 Å². The predicted molar refractivity (Wildman–Crippen MR) is 123 cm³/mol. The normalized spacial score (nSPS) is 23.7. The number of likely N-dealkylation sites (tertiary alicyclic amines) is 1. The average Bonchev–Trinajstić information content (AvgIpc) is 2.74. The van der Waals surface area contributed by atoms with Crippen LogP contribution in [0, 0.1) is 17.3 Å². The molecule has 2 aliphatic rings. The number of rotatable bonds is 5. The first-order chi connectivity index (χ1) is 14.8. The highest BCUT2D eigenvalue weighted by molar-refractivity contribution is 5.80. The Morgan fingerprint density at radius 3 is 2.42 bits per heavy atom. The number of aromatic nitrogens is 1. The molecule has 1 aliphatic heterocycles. The van der Waals surface area contributed by atoms with E-state index in [2.05, 4.69) is 49.9 Å². The van der Waals surface area contributed by atoms with Gasteiger partial charge in [0.25, 0.3) is 0 Å². The maximum Gasteiger partial charge on any atom is 0.306 e. The molecule has 2 fully saturated rings. The van der Waals surface area contributed by atoms with Crippen molar-refractivity contribution in [2.24, 2.45) is 17.3 Å². The van der Waals surface area contributed by atoms with Crippen molar-refractivity contribution < 1.29 is 14.6 Å². The molecule has 1 aromatic heterocycles. The highest BCUT2D eigenvalue weighted by Gasteiger charge is 2.30. The van der Waals surface area contributed by atoms with Crippen LogP contribution in [0.4, 0.5) is 0 Å². The van der Waals surface area contributed by atoms with Gasteiger partial charge in [0.1, 0.15) is 5.75 Å². The fourth-order valence-electron chi connectivity index (χ4n) is 5.11. The predicted octanol–water partition coefficient (Wildman–Crippen LogP) is 5.52. The van der Waals surface area contributed by atoms with Gasteiger partial charge in [0.15, 0.2) is 0 Å². The second-order valence-corrected chi connectivity index (χ2v) is 10.5. The Bertz CT molecular complexity index is 904. The first-order valence-corrected chi connectivity index (χ1v) is 11.8. The van der Waals surface area contributed by atoms with E-state index >= 15 is 0 Å². The van der Waals surface area contributed by atoms with Crippen LogP contribution in [0.2, 0.25) is 0 Å². The van der Waals surface area contributed by atoms with Crippen molar-refractivity contribution in [3.8, 4) is 5.75 Å². The number of hydrogen-bond donors (Lipinski definition) is 1. The number of fused-ring (bicyclic) bond motifs is 1. The van der Waals surface area contributed by atoms with Gasteiger partial charge in [-0.3, -0.25) is 14.7 Å². The van der Waals surface area contributed by atoms with Crippen LogP contribution in [0.25, 0.3) is 10.9 Å². The average molecular weight is 425 g/mol. The van der Waals surface area contributed by atoms with E-state index in [0.717, 1.165) is 73.6 Å². The monoisotopic (exact) mass is 424 g/mol. The largest absolute Gasteiger partial charge is 0.490 e. The van der Waals surface area contributed by atoms with Gasteiger partial charge in [-0.15, -0.1) is 0 Å². The van der Waals surface area contributed by atoms with Gasteiger partial charge >= 0.3 is 5.97 Å². The third-order valence-corrected chi connectivity index (χ3v) is 7.24. The number of benzene rings is 1. The topological polar surface area (TPSA) is 62.7 Å². The summed E-state index contributed by atoms with van der Waals surface area (Å²) in [7, 11) is 0. The zero-order valence-electron chi connectivity index (χ0n) is 19.1. The van der Waals surface area contributed by atoms with Gasteiger partial charge in [0.05, 0.1) is 23.2 Å². The van der Waals surface area contributed by atoms with Crippen molar-refractivity contribution in [1.29, 1.82) is 0 Å². The van der Waals surface area contributed by atoms with Crippen LogP contribution in [0.15, 0.2) is 30.3 Å². The summed E-state index contributed by atoms with van der Waals surface area (Å²) >= 11 is 0. The number of carboxylic acids is 1. The lowest BCUT2D eigenvalue weighted by Gasteiger charge is -2.36. The summed E-state index contributed by atoms with van der Waals surface area (Å²) in [4.78, 5) is 18.3. The third-order valence-electron chi connectivity index (χ3n) is 7.24. The van der Waals surface area contributed by atoms with Gasteiger partial charge in [0.2, 0.25) is 0 Å². The molecule has 168 valence electrons. The number of carboxylic acid groups (broad SMARTS) is 1. The van der Waals surface area contributed by atoms with Crippen LogP contribution >= 0.6 is 0 Å². The quantitative estimate of drug-likeness (QED) is 0.685. The van der Waals surface area contributed by atoms with Crippen LogP contribution < -0.4 is 4.74 Å². The molecule has 0 bridgehead atoms. The maximum absolute atomic E-state index is 11.1. The fourth-order valence-corrected chi connectivity index (χ4v) is 5.11. The Balaban J connectivity index is 1.34. The van der Waals surface area contributed by atoms with Gasteiger partial charge < -0.3 is 9.84 Å². The van der Waals surface area contributed by atoms with Crippen molar-refractivity contribution in [3.63, 3.8) is 0 Å². The molecule has 0 amide bonds. The molecule has 1 aliphatic carbocycles. The molecule has 4 rings (SSSR count). The first-order valence-electron chi connectivity index (χ1n) is 11.8. The summed E-state index contributed by atoms with van der Waals surface area (Å²) in [5.74, 6) is 0.880. The van der Waals surface area contributed by atoms with E-state index in [0.29, 0.717) is 11.5 Å². The second-order valence-electron chi connectivity index (χ2n) is 10.5. The maximum atomic E-state index is 11.1. The summed E-state index contributed by atoms with van der Waals surface area (Å²) in [6.45, 7) is 9.46. The fraction of sp³-hybridized carbons (Fsp3) is 0.615. The number of aliphatic carboxylic acids is 1. The SMILES string of the molecule is CC(C)(C)C1CCC(Oc2ccc3nc(CN4CCC(C(=O)O)CC4)ccc3c2)CC1. The molecule has 1 saturated heterocycles. The lowest BCUT2D eigenvalue weighted by atomic mass is 9.72. The number of carbonyl (C=O) groups is 1. The molecule has 2 heterocycles. The minimum Gasteiger partial charge on any atom is -0.490 e. The zero-order valence-corrected chi connectivity index (χ0v) is 19.1. The molecular weight excluding hydrogens is 388 g/mol. The van der Waals surface area contributed by atoms with Gasteiger partial charge in [-0.2, -0.15) is 0 Å². The Morgan fingerprint density at radius 2 is 1.77 bits per heavy atom. The molecule has 0 atom stereocenters. The molecule has 2 aromatic rings. The highest BCUT2D eigenvalue weighted by Crippen LogP contribution is 2.39. The van der Waals surface area contributed by atoms with Crippen LogP contribution in [0.5, 0.6) is 5.75 Å². The Morgan fingerprint density at radius 1 is 1.06 bits per heavy atom. The molecular formula is C26H36N2O3. The van der Waals surface area contributed by atoms with Gasteiger partial charge in [-0.25, -0.2) is 0 Å². The standard InChI is InChI=1S/C26H36N2O3/c1-26(2,3)20-5-8-22(9-6-20)31-23-10-11-24-19(16-23)4-7-21(27-24)17-28-14-12-18(13-15-28)25(29)30/h4,7,10-11,16,18,20,22H,5-6,8-9,12-15,17H2,1-3H3,(H,29,30). The van der Waals surface area contributed by atoms with E-state index in [4.69, 9.17) is 14.8 Å². The summed E-state index contributed by atoms with van der Waals surface area (Å²) < 4.78 is 6.32. The lowest BCUT2D eigenvalue weighted by molar-refractivity contribution is -0.143. The summed E-state index contributed by atoms with van der Waals surface area (Å²) in [5, 5.41) is 10.3. The molecule has 1 aromatic carbocycles.